The average Bonchev–Trinajstić information content (AvgIpc) is 3.00. The van der Waals surface area contributed by atoms with Crippen molar-refractivity contribution in [3.63, 3.8) is 0 Å². The van der Waals surface area contributed by atoms with Gasteiger partial charge < -0.3 is 9.84 Å². The molecular weight excluding hydrogens is 347 g/mol. The summed E-state index contributed by atoms with van der Waals surface area (Å²) in [7, 11) is 0. The molecule has 136 valence electrons. The summed E-state index contributed by atoms with van der Waals surface area (Å²) in [6, 6.07) is 9.56. The van der Waals surface area contributed by atoms with E-state index in [0.29, 0.717) is 40.8 Å². The van der Waals surface area contributed by atoms with E-state index in [-0.39, 0.29) is 23.2 Å². The second-order valence-electron chi connectivity index (χ2n) is 6.36. The summed E-state index contributed by atoms with van der Waals surface area (Å²) in [5, 5.41) is 10.1. The van der Waals surface area contributed by atoms with Crippen LogP contribution in [0.2, 0.25) is 0 Å². The van der Waals surface area contributed by atoms with Crippen molar-refractivity contribution in [3.8, 4) is 11.6 Å². The number of nitrogens with zero attached hydrogens (tertiary/aromatic N) is 2. The van der Waals surface area contributed by atoms with Gasteiger partial charge in [0.05, 0.1) is 22.8 Å². The molecular formula is C21H17FN2O3. The lowest BCUT2D eigenvalue weighted by Gasteiger charge is -2.12. The van der Waals surface area contributed by atoms with Crippen LogP contribution in [-0.2, 0) is 11.2 Å². The number of fused-ring (bicyclic) bond motifs is 1. The standard InChI is InChI=1S/C21H17FN2O3/c1-2-12-3-5-14(10-15(12)21-18(25)7-8-19(21)26)27-20-11-23-17-9-13(22)4-6-16(17)24-20/h3-6,9-11,25H,2,7-8H2,1H3. The SMILES string of the molecule is CCc1ccc(Oc2cnc3cc(F)ccc3n2)cc1C1=C(O)CCC1=O. The van der Waals surface area contributed by atoms with Gasteiger partial charge in [-0.05, 0) is 41.8 Å². The number of benzene rings is 2. The maximum atomic E-state index is 13.3. The number of Topliss-reactive ketones (excluding diaryl/α,β-unsaturated/α-hetero) is 1. The molecule has 0 bridgehead atoms. The number of hydrogen-bond acceptors (Lipinski definition) is 5. The first kappa shape index (κ1) is 17.1. The van der Waals surface area contributed by atoms with Gasteiger partial charge in [-0.15, -0.1) is 0 Å². The Morgan fingerprint density at radius 2 is 2.00 bits per heavy atom. The minimum atomic E-state index is -0.375. The van der Waals surface area contributed by atoms with Crippen molar-refractivity contribution in [1.82, 2.24) is 9.97 Å². The van der Waals surface area contributed by atoms with Crippen molar-refractivity contribution in [2.45, 2.75) is 26.2 Å². The van der Waals surface area contributed by atoms with Crippen LogP contribution in [0.5, 0.6) is 11.6 Å². The maximum Gasteiger partial charge on any atom is 0.238 e. The van der Waals surface area contributed by atoms with Crippen LogP contribution in [0.1, 0.15) is 30.9 Å². The first-order valence-corrected chi connectivity index (χ1v) is 8.74. The monoisotopic (exact) mass is 364 g/mol. The molecule has 1 N–H and O–H groups in total. The van der Waals surface area contributed by atoms with Crippen molar-refractivity contribution in [3.05, 3.63) is 65.3 Å². The summed E-state index contributed by atoms with van der Waals surface area (Å²) in [5.41, 5.74) is 2.98. The fraction of sp³-hybridized carbons (Fsp3) is 0.190. The zero-order valence-electron chi connectivity index (χ0n) is 14.7. The number of ketones is 1. The van der Waals surface area contributed by atoms with Crippen LogP contribution < -0.4 is 4.74 Å². The Balaban J connectivity index is 1.71. The van der Waals surface area contributed by atoms with Crippen molar-refractivity contribution in [1.29, 1.82) is 0 Å². The van der Waals surface area contributed by atoms with Gasteiger partial charge >= 0.3 is 0 Å². The van der Waals surface area contributed by atoms with Crippen molar-refractivity contribution < 1.29 is 19.0 Å². The minimum absolute atomic E-state index is 0.0631. The highest BCUT2D eigenvalue weighted by molar-refractivity contribution is 6.23. The van der Waals surface area contributed by atoms with Gasteiger partial charge in [0.25, 0.3) is 0 Å². The highest BCUT2D eigenvalue weighted by atomic mass is 19.1. The number of rotatable bonds is 4. The predicted molar refractivity (Wildman–Crippen MR) is 99.2 cm³/mol. The molecule has 0 radical (unpaired) electrons. The van der Waals surface area contributed by atoms with E-state index in [9.17, 15) is 14.3 Å². The van der Waals surface area contributed by atoms with Crippen LogP contribution in [-0.4, -0.2) is 20.9 Å². The lowest BCUT2D eigenvalue weighted by molar-refractivity contribution is -0.113. The second-order valence-corrected chi connectivity index (χ2v) is 6.36. The topological polar surface area (TPSA) is 72.3 Å². The molecule has 2 aromatic carbocycles. The van der Waals surface area contributed by atoms with Gasteiger partial charge in [0.15, 0.2) is 5.78 Å². The van der Waals surface area contributed by atoms with E-state index in [1.54, 1.807) is 12.1 Å². The lowest BCUT2D eigenvalue weighted by Crippen LogP contribution is -2.01. The van der Waals surface area contributed by atoms with Crippen LogP contribution in [0.15, 0.2) is 48.4 Å². The molecule has 6 heteroatoms. The molecule has 0 amide bonds. The predicted octanol–water partition coefficient (Wildman–Crippen LogP) is 4.76. The number of hydrogen-bond donors (Lipinski definition) is 1. The van der Waals surface area contributed by atoms with E-state index in [4.69, 9.17) is 4.74 Å². The number of aromatic nitrogens is 2. The third-order valence-electron chi connectivity index (χ3n) is 4.59. The molecule has 1 aliphatic carbocycles. The molecule has 0 atom stereocenters. The fourth-order valence-electron chi connectivity index (χ4n) is 3.25. The smallest absolute Gasteiger partial charge is 0.238 e. The van der Waals surface area contributed by atoms with Gasteiger partial charge in [-0.3, -0.25) is 4.79 Å². The number of aliphatic hydroxyl groups excluding tert-OH is 1. The molecule has 4 rings (SSSR count). The molecule has 0 unspecified atom stereocenters. The molecule has 0 spiro atoms. The number of carbonyl (C=O) groups is 1. The van der Waals surface area contributed by atoms with E-state index >= 15 is 0 Å². The molecule has 5 nitrogen and oxygen atoms in total. The van der Waals surface area contributed by atoms with Gasteiger partial charge in [0, 0.05) is 18.9 Å². The van der Waals surface area contributed by atoms with Gasteiger partial charge in [-0.1, -0.05) is 13.0 Å². The van der Waals surface area contributed by atoms with Crippen LogP contribution in [0, 0.1) is 5.82 Å². The van der Waals surface area contributed by atoms with Crippen LogP contribution >= 0.6 is 0 Å². The summed E-state index contributed by atoms with van der Waals surface area (Å²) in [5.74, 6) is 0.434. The van der Waals surface area contributed by atoms with Crippen LogP contribution in [0.25, 0.3) is 16.6 Å². The van der Waals surface area contributed by atoms with Crippen LogP contribution in [0.3, 0.4) is 0 Å². The Hall–Kier alpha value is -3.28. The largest absolute Gasteiger partial charge is 0.512 e. The lowest BCUT2D eigenvalue weighted by atomic mass is 9.96. The summed E-state index contributed by atoms with van der Waals surface area (Å²) in [4.78, 5) is 20.7. The molecule has 3 aromatic rings. The Kier molecular flexibility index (Phi) is 4.32. The highest BCUT2D eigenvalue weighted by Crippen LogP contribution is 2.34. The Morgan fingerprint density at radius 3 is 2.74 bits per heavy atom. The third-order valence-corrected chi connectivity index (χ3v) is 4.59. The molecule has 1 heterocycles. The minimum Gasteiger partial charge on any atom is -0.512 e. The first-order valence-electron chi connectivity index (χ1n) is 8.74. The zero-order chi connectivity index (χ0) is 19.0. The van der Waals surface area contributed by atoms with Crippen molar-refractivity contribution in [2.24, 2.45) is 0 Å². The number of halogens is 1. The summed E-state index contributed by atoms with van der Waals surface area (Å²) in [6.07, 6.45) is 2.84. The molecule has 1 aromatic heterocycles. The Morgan fingerprint density at radius 1 is 1.15 bits per heavy atom. The average molecular weight is 364 g/mol. The molecule has 0 fully saturated rings. The molecule has 0 aliphatic heterocycles. The number of aryl methyl sites for hydroxylation is 1. The quantitative estimate of drug-likeness (QED) is 0.723. The molecule has 1 aliphatic rings. The van der Waals surface area contributed by atoms with E-state index in [2.05, 4.69) is 9.97 Å². The fourth-order valence-corrected chi connectivity index (χ4v) is 3.25. The molecule has 0 saturated carbocycles. The first-order chi connectivity index (χ1) is 13.0. The van der Waals surface area contributed by atoms with Gasteiger partial charge in [-0.25, -0.2) is 14.4 Å². The van der Waals surface area contributed by atoms with Crippen molar-refractivity contribution in [2.75, 3.05) is 0 Å². The molecule has 27 heavy (non-hydrogen) atoms. The van der Waals surface area contributed by atoms with E-state index in [1.165, 1.54) is 24.4 Å². The van der Waals surface area contributed by atoms with Gasteiger partial charge in [-0.2, -0.15) is 0 Å². The van der Waals surface area contributed by atoms with E-state index in [0.717, 1.165) is 12.0 Å². The highest BCUT2D eigenvalue weighted by Gasteiger charge is 2.26. The van der Waals surface area contributed by atoms with Gasteiger partial charge in [0.2, 0.25) is 5.88 Å². The number of allylic oxidation sites excluding steroid dienone is 2. The normalized spacial score (nSPS) is 14.2. The zero-order valence-corrected chi connectivity index (χ0v) is 14.7. The maximum absolute atomic E-state index is 13.3. The number of carbonyl (C=O) groups excluding carboxylic acids is 1. The summed E-state index contributed by atoms with van der Waals surface area (Å²) < 4.78 is 19.1. The second kappa shape index (κ2) is 6.79. The summed E-state index contributed by atoms with van der Waals surface area (Å²) in [6.45, 7) is 1.99. The van der Waals surface area contributed by atoms with E-state index in [1.807, 2.05) is 13.0 Å². The third kappa shape index (κ3) is 3.26. The Bertz CT molecular complexity index is 1090. The summed E-state index contributed by atoms with van der Waals surface area (Å²) >= 11 is 0. The van der Waals surface area contributed by atoms with Gasteiger partial charge in [0.1, 0.15) is 17.3 Å². The number of aliphatic hydroxyl groups is 1. The van der Waals surface area contributed by atoms with Crippen molar-refractivity contribution >= 4 is 22.4 Å². The molecule has 0 saturated heterocycles. The Labute approximate surface area is 155 Å². The number of ether oxygens (including phenoxy) is 1. The van der Waals surface area contributed by atoms with Crippen LogP contribution in [0.4, 0.5) is 4.39 Å². The van der Waals surface area contributed by atoms with E-state index < -0.39 is 0 Å².